The molecule has 4 rings (SSSR count). The van der Waals surface area contributed by atoms with E-state index < -0.39 is 5.41 Å². The lowest BCUT2D eigenvalue weighted by Crippen LogP contribution is -2.39. The Morgan fingerprint density at radius 3 is 2.32 bits per heavy atom. The van der Waals surface area contributed by atoms with E-state index in [0.29, 0.717) is 24.4 Å². The van der Waals surface area contributed by atoms with E-state index in [2.05, 4.69) is 6.07 Å². The van der Waals surface area contributed by atoms with Crippen molar-refractivity contribution in [3.05, 3.63) is 101 Å². The second-order valence-corrected chi connectivity index (χ2v) is 8.51. The number of phenols is 1. The predicted molar refractivity (Wildman–Crippen MR) is 125 cm³/mol. The Morgan fingerprint density at radius 1 is 0.968 bits per heavy atom. The number of benzene rings is 3. The summed E-state index contributed by atoms with van der Waals surface area (Å²) in [7, 11) is 0. The summed E-state index contributed by atoms with van der Waals surface area (Å²) in [5.41, 5.74) is 9.54. The topological polar surface area (TPSA) is 63.3 Å². The Labute approximate surface area is 184 Å². The van der Waals surface area contributed by atoms with Crippen molar-refractivity contribution in [1.82, 2.24) is 0 Å². The predicted octanol–water partition coefficient (Wildman–Crippen LogP) is 5.82. The van der Waals surface area contributed by atoms with Gasteiger partial charge in [-0.15, -0.1) is 0 Å². The van der Waals surface area contributed by atoms with E-state index in [1.165, 1.54) is 18.4 Å². The van der Waals surface area contributed by atoms with Gasteiger partial charge in [0.15, 0.2) is 5.78 Å². The van der Waals surface area contributed by atoms with Crippen LogP contribution in [0.3, 0.4) is 0 Å². The lowest BCUT2D eigenvalue weighted by atomic mass is 9.64. The lowest BCUT2D eigenvalue weighted by Gasteiger charge is -2.36. The SMILES string of the molecule is CCC(=O)C(c1ccccc1)(c1cc(C2CCCC2)ccc1O)c1ccccc1CN. The van der Waals surface area contributed by atoms with E-state index >= 15 is 0 Å². The number of aromatic hydroxyl groups is 1. The minimum atomic E-state index is -1.11. The molecule has 0 radical (unpaired) electrons. The van der Waals surface area contributed by atoms with Crippen molar-refractivity contribution in [2.45, 2.75) is 56.9 Å². The van der Waals surface area contributed by atoms with Gasteiger partial charge in [0.05, 0.1) is 0 Å². The maximum atomic E-state index is 13.9. The zero-order valence-corrected chi connectivity index (χ0v) is 18.2. The van der Waals surface area contributed by atoms with Crippen LogP contribution in [0.1, 0.15) is 72.8 Å². The highest BCUT2D eigenvalue weighted by atomic mass is 16.3. The lowest BCUT2D eigenvalue weighted by molar-refractivity contribution is -0.121. The molecule has 1 unspecified atom stereocenters. The van der Waals surface area contributed by atoms with Gasteiger partial charge < -0.3 is 10.8 Å². The molecule has 1 aliphatic carbocycles. The number of carbonyl (C=O) groups excluding carboxylic acids is 1. The second kappa shape index (κ2) is 9.07. The first kappa shape index (κ1) is 21.3. The number of carbonyl (C=O) groups is 1. The number of hydrogen-bond donors (Lipinski definition) is 2. The molecule has 3 N–H and O–H groups in total. The van der Waals surface area contributed by atoms with Crippen LogP contribution < -0.4 is 5.73 Å². The summed E-state index contributed by atoms with van der Waals surface area (Å²) in [6.45, 7) is 2.22. The van der Waals surface area contributed by atoms with Crippen molar-refractivity contribution in [3.63, 3.8) is 0 Å². The van der Waals surface area contributed by atoms with Gasteiger partial charge in [-0.1, -0.05) is 86.5 Å². The van der Waals surface area contributed by atoms with Gasteiger partial charge in [0.2, 0.25) is 0 Å². The highest BCUT2D eigenvalue weighted by molar-refractivity contribution is 5.98. The van der Waals surface area contributed by atoms with Gasteiger partial charge >= 0.3 is 0 Å². The molecule has 1 aliphatic rings. The van der Waals surface area contributed by atoms with E-state index in [1.54, 1.807) is 6.07 Å². The molecule has 1 saturated carbocycles. The average Bonchev–Trinajstić information content (AvgIpc) is 3.36. The molecular formula is C28H31NO2. The van der Waals surface area contributed by atoms with Gasteiger partial charge in [-0.05, 0) is 47.1 Å². The number of rotatable bonds is 7. The zero-order chi connectivity index (χ0) is 21.8. The maximum absolute atomic E-state index is 13.9. The van der Waals surface area contributed by atoms with Gasteiger partial charge in [-0.25, -0.2) is 0 Å². The number of nitrogens with two attached hydrogens (primary N) is 1. The quantitative estimate of drug-likeness (QED) is 0.480. The van der Waals surface area contributed by atoms with Gasteiger partial charge in [-0.2, -0.15) is 0 Å². The minimum absolute atomic E-state index is 0.0541. The molecule has 160 valence electrons. The van der Waals surface area contributed by atoms with Gasteiger partial charge in [0.1, 0.15) is 11.2 Å². The first-order valence-corrected chi connectivity index (χ1v) is 11.3. The standard InChI is InChI=1S/C28H31NO2/c1-2-27(31)28(23-13-4-3-5-14-23,24-15-9-8-12-22(24)19-29)25-18-21(16-17-26(25)30)20-10-6-7-11-20/h3-5,8-9,12-18,20,30H,2,6-7,10-11,19,29H2,1H3. The largest absolute Gasteiger partial charge is 0.508 e. The molecule has 3 nitrogen and oxygen atoms in total. The molecule has 3 aromatic rings. The van der Waals surface area contributed by atoms with Crippen molar-refractivity contribution < 1.29 is 9.90 Å². The average molecular weight is 414 g/mol. The first-order valence-electron chi connectivity index (χ1n) is 11.3. The van der Waals surface area contributed by atoms with Crippen molar-refractivity contribution in [1.29, 1.82) is 0 Å². The van der Waals surface area contributed by atoms with Crippen LogP contribution in [0.2, 0.25) is 0 Å². The monoisotopic (exact) mass is 413 g/mol. The summed E-state index contributed by atoms with van der Waals surface area (Å²) in [4.78, 5) is 13.9. The fourth-order valence-electron chi connectivity index (χ4n) is 5.30. The molecule has 3 heteroatoms. The van der Waals surface area contributed by atoms with E-state index in [-0.39, 0.29) is 11.5 Å². The Kier molecular flexibility index (Phi) is 6.24. The van der Waals surface area contributed by atoms with Crippen LogP contribution in [0.15, 0.2) is 72.8 Å². The third-order valence-corrected chi connectivity index (χ3v) is 6.84. The molecule has 0 bridgehead atoms. The molecule has 0 heterocycles. The number of phenolic OH excluding ortho intramolecular Hbond substituents is 1. The fourth-order valence-corrected chi connectivity index (χ4v) is 5.30. The molecule has 3 aromatic carbocycles. The smallest absolute Gasteiger partial charge is 0.152 e. The maximum Gasteiger partial charge on any atom is 0.152 e. The summed E-state index contributed by atoms with van der Waals surface area (Å²) in [6.07, 6.45) is 5.12. The number of hydrogen-bond acceptors (Lipinski definition) is 3. The highest BCUT2D eigenvalue weighted by Crippen LogP contribution is 2.47. The fraction of sp³-hybridized carbons (Fsp3) is 0.321. The molecule has 0 saturated heterocycles. The second-order valence-electron chi connectivity index (χ2n) is 8.51. The van der Waals surface area contributed by atoms with Crippen LogP contribution in [-0.2, 0) is 16.8 Å². The first-order chi connectivity index (χ1) is 15.1. The Hall–Kier alpha value is -2.91. The molecule has 0 spiro atoms. The van der Waals surface area contributed by atoms with Crippen molar-refractivity contribution in [3.8, 4) is 5.75 Å². The molecule has 1 fully saturated rings. The summed E-state index contributed by atoms with van der Waals surface area (Å²) in [5.74, 6) is 0.687. The van der Waals surface area contributed by atoms with Crippen LogP contribution >= 0.6 is 0 Å². The Morgan fingerprint density at radius 2 is 1.65 bits per heavy atom. The number of Topliss-reactive ketones (excluding diaryl/α,β-unsaturated/α-hetero) is 1. The molecule has 31 heavy (non-hydrogen) atoms. The van der Waals surface area contributed by atoms with Crippen LogP contribution in [0.5, 0.6) is 5.75 Å². The van der Waals surface area contributed by atoms with Gasteiger partial charge in [0, 0.05) is 18.5 Å². The van der Waals surface area contributed by atoms with Crippen molar-refractivity contribution in [2.75, 3.05) is 0 Å². The van der Waals surface area contributed by atoms with Crippen molar-refractivity contribution in [2.24, 2.45) is 5.73 Å². The van der Waals surface area contributed by atoms with E-state index in [4.69, 9.17) is 5.73 Å². The van der Waals surface area contributed by atoms with E-state index in [1.807, 2.05) is 67.6 Å². The normalized spacial score (nSPS) is 16.2. The molecule has 0 aliphatic heterocycles. The third kappa shape index (κ3) is 3.68. The highest BCUT2D eigenvalue weighted by Gasteiger charge is 2.45. The van der Waals surface area contributed by atoms with Crippen molar-refractivity contribution >= 4 is 5.78 Å². The van der Waals surface area contributed by atoms with Gasteiger partial charge in [0.25, 0.3) is 0 Å². The summed E-state index contributed by atoms with van der Waals surface area (Å²) in [6, 6.07) is 23.6. The molecule has 0 aromatic heterocycles. The van der Waals surface area contributed by atoms with Crippen LogP contribution in [0.25, 0.3) is 0 Å². The van der Waals surface area contributed by atoms with Crippen LogP contribution in [0.4, 0.5) is 0 Å². The molecule has 1 atom stereocenters. The Bertz CT molecular complexity index is 1050. The zero-order valence-electron chi connectivity index (χ0n) is 18.2. The van der Waals surface area contributed by atoms with Gasteiger partial charge in [-0.3, -0.25) is 4.79 Å². The van der Waals surface area contributed by atoms with E-state index in [0.717, 1.165) is 29.5 Å². The summed E-state index contributed by atoms with van der Waals surface area (Å²) >= 11 is 0. The van der Waals surface area contributed by atoms with Crippen LogP contribution in [-0.4, -0.2) is 10.9 Å². The molecular weight excluding hydrogens is 382 g/mol. The summed E-state index contributed by atoms with van der Waals surface area (Å²) in [5, 5.41) is 11.2. The van der Waals surface area contributed by atoms with E-state index in [9.17, 15) is 9.90 Å². The Balaban J connectivity index is 2.08. The summed E-state index contributed by atoms with van der Waals surface area (Å²) < 4.78 is 0. The van der Waals surface area contributed by atoms with Crippen LogP contribution in [0, 0.1) is 0 Å². The molecule has 0 amide bonds. The third-order valence-electron chi connectivity index (χ3n) is 6.84. The minimum Gasteiger partial charge on any atom is -0.508 e. The number of ketones is 1.